The highest BCUT2D eigenvalue weighted by Crippen LogP contribution is 2.17. The first kappa shape index (κ1) is 30.3. The maximum atomic E-state index is 12.3. The minimum Gasteiger partial charge on any atom is -0.299 e. The molecular formula is C30H50O2. The van der Waals surface area contributed by atoms with Crippen LogP contribution in [0.1, 0.15) is 120 Å². The van der Waals surface area contributed by atoms with Crippen molar-refractivity contribution in [2.45, 2.75) is 120 Å². The summed E-state index contributed by atoms with van der Waals surface area (Å²) in [5.74, 6) is 1.08. The first-order valence-corrected chi connectivity index (χ1v) is 12.7. The van der Waals surface area contributed by atoms with E-state index < -0.39 is 0 Å². The third-order valence-electron chi connectivity index (χ3n) is 6.09. The van der Waals surface area contributed by atoms with Gasteiger partial charge in [-0.1, -0.05) is 60.4 Å². The van der Waals surface area contributed by atoms with E-state index in [4.69, 9.17) is 0 Å². The van der Waals surface area contributed by atoms with Crippen LogP contribution < -0.4 is 0 Å². The SMILES string of the molecule is CC(C)=CCC[C@@H](C)C(=O)CC/C(C)=C/CC/C=C(\C)CCC(=O)[C@H](C)CCC=C(C)C. The van der Waals surface area contributed by atoms with Gasteiger partial charge >= 0.3 is 0 Å². The molecule has 0 bridgehead atoms. The summed E-state index contributed by atoms with van der Waals surface area (Å²) in [5.41, 5.74) is 5.26. The van der Waals surface area contributed by atoms with Gasteiger partial charge in [-0.05, 0) is 92.9 Å². The molecule has 2 atom stereocenters. The summed E-state index contributed by atoms with van der Waals surface area (Å²) in [5, 5.41) is 0. The summed E-state index contributed by atoms with van der Waals surface area (Å²) in [4.78, 5) is 24.6. The lowest BCUT2D eigenvalue weighted by Gasteiger charge is -2.10. The van der Waals surface area contributed by atoms with Crippen molar-refractivity contribution in [3.8, 4) is 0 Å². The molecule has 0 radical (unpaired) electrons. The zero-order chi connectivity index (χ0) is 24.5. The standard InChI is InChI=1S/C30H50O2/c1-23(2)13-11-17-27(7)29(31)21-19-25(5)15-9-10-16-26(6)20-22-30(32)28(8)18-12-14-24(3)4/h13-16,27-28H,9-12,17-22H2,1-8H3/b25-15+,26-16+/t27-,28-/m1/s1. The lowest BCUT2D eigenvalue weighted by molar-refractivity contribution is -0.123. The van der Waals surface area contributed by atoms with Crippen molar-refractivity contribution < 1.29 is 9.59 Å². The fourth-order valence-electron chi connectivity index (χ4n) is 3.56. The fraction of sp³-hybridized carbons (Fsp3) is 0.667. The van der Waals surface area contributed by atoms with Gasteiger partial charge in [0.25, 0.3) is 0 Å². The number of unbranched alkanes of at least 4 members (excludes halogenated alkanes) is 1. The highest BCUT2D eigenvalue weighted by atomic mass is 16.1. The molecule has 0 amide bonds. The molecule has 0 saturated heterocycles. The molecule has 0 aromatic heterocycles. The van der Waals surface area contributed by atoms with Gasteiger partial charge in [0.05, 0.1) is 0 Å². The Labute approximate surface area is 199 Å². The summed E-state index contributed by atoms with van der Waals surface area (Å²) in [6.07, 6.45) is 17.9. The molecule has 0 aromatic carbocycles. The molecule has 0 saturated carbocycles. The Kier molecular flexibility index (Phi) is 16.9. The van der Waals surface area contributed by atoms with Crippen LogP contribution in [-0.4, -0.2) is 11.6 Å². The Morgan fingerprint density at radius 1 is 0.531 bits per heavy atom. The molecule has 0 heterocycles. The average molecular weight is 443 g/mol. The lowest BCUT2D eigenvalue weighted by Crippen LogP contribution is -2.10. The van der Waals surface area contributed by atoms with E-state index in [-0.39, 0.29) is 11.8 Å². The van der Waals surface area contributed by atoms with Crippen LogP contribution in [0.15, 0.2) is 46.6 Å². The number of carbonyl (C=O) groups is 2. The van der Waals surface area contributed by atoms with E-state index in [1.807, 2.05) is 0 Å². The molecule has 0 aliphatic rings. The minimum absolute atomic E-state index is 0.154. The van der Waals surface area contributed by atoms with E-state index in [1.165, 1.54) is 22.3 Å². The first-order valence-electron chi connectivity index (χ1n) is 12.7. The second kappa shape index (κ2) is 17.8. The highest BCUT2D eigenvalue weighted by Gasteiger charge is 2.12. The van der Waals surface area contributed by atoms with Crippen molar-refractivity contribution >= 4 is 11.6 Å². The van der Waals surface area contributed by atoms with Crippen molar-refractivity contribution in [2.24, 2.45) is 11.8 Å². The maximum Gasteiger partial charge on any atom is 0.136 e. The van der Waals surface area contributed by atoms with Crippen LogP contribution in [0.3, 0.4) is 0 Å². The van der Waals surface area contributed by atoms with Gasteiger partial charge in [0.2, 0.25) is 0 Å². The number of allylic oxidation sites excluding steroid dienone is 8. The molecule has 0 aromatic rings. The van der Waals surface area contributed by atoms with Gasteiger partial charge in [-0.25, -0.2) is 0 Å². The smallest absolute Gasteiger partial charge is 0.136 e. The summed E-state index contributed by atoms with van der Waals surface area (Å²) in [6, 6.07) is 0. The van der Waals surface area contributed by atoms with E-state index in [2.05, 4.69) is 79.7 Å². The van der Waals surface area contributed by atoms with Crippen LogP contribution in [0.2, 0.25) is 0 Å². The van der Waals surface area contributed by atoms with Gasteiger partial charge in [0, 0.05) is 24.7 Å². The second-order valence-electron chi connectivity index (χ2n) is 10.1. The third-order valence-corrected chi connectivity index (χ3v) is 6.09. The molecule has 0 aliphatic carbocycles. The van der Waals surface area contributed by atoms with Gasteiger partial charge < -0.3 is 0 Å². The molecule has 182 valence electrons. The molecule has 0 spiro atoms. The fourth-order valence-corrected chi connectivity index (χ4v) is 3.56. The quantitative estimate of drug-likeness (QED) is 0.166. The predicted octanol–water partition coefficient (Wildman–Crippen LogP) is 9.12. The summed E-state index contributed by atoms with van der Waals surface area (Å²) >= 11 is 0. The number of hydrogen-bond donors (Lipinski definition) is 0. The first-order chi connectivity index (χ1) is 15.0. The summed E-state index contributed by atoms with van der Waals surface area (Å²) < 4.78 is 0. The van der Waals surface area contributed by atoms with Crippen LogP contribution in [0, 0.1) is 11.8 Å². The predicted molar refractivity (Wildman–Crippen MR) is 141 cm³/mol. The molecule has 2 heteroatoms. The molecule has 32 heavy (non-hydrogen) atoms. The Hall–Kier alpha value is -1.70. The van der Waals surface area contributed by atoms with Crippen molar-refractivity contribution in [1.82, 2.24) is 0 Å². The van der Waals surface area contributed by atoms with Gasteiger partial charge in [-0.3, -0.25) is 9.59 Å². The maximum absolute atomic E-state index is 12.3. The minimum atomic E-state index is 0.154. The molecule has 2 nitrogen and oxygen atoms in total. The van der Waals surface area contributed by atoms with Gasteiger partial charge in [0.15, 0.2) is 0 Å². The van der Waals surface area contributed by atoms with Gasteiger partial charge in [-0.15, -0.1) is 0 Å². The molecular weight excluding hydrogens is 392 g/mol. The highest BCUT2D eigenvalue weighted by molar-refractivity contribution is 5.81. The second-order valence-corrected chi connectivity index (χ2v) is 10.1. The molecule has 0 fully saturated rings. The number of rotatable bonds is 17. The lowest BCUT2D eigenvalue weighted by atomic mass is 9.95. The number of Topliss-reactive ketones (excluding diaryl/α,β-unsaturated/α-hetero) is 2. The zero-order valence-electron chi connectivity index (χ0n) is 22.4. The molecule has 0 aliphatic heterocycles. The Balaban J connectivity index is 4.15. The summed E-state index contributed by atoms with van der Waals surface area (Å²) in [7, 11) is 0. The Morgan fingerprint density at radius 2 is 0.875 bits per heavy atom. The van der Waals surface area contributed by atoms with Crippen LogP contribution in [-0.2, 0) is 9.59 Å². The van der Waals surface area contributed by atoms with E-state index in [0.29, 0.717) is 24.4 Å². The third kappa shape index (κ3) is 16.9. The molecule has 0 rings (SSSR count). The Morgan fingerprint density at radius 3 is 1.19 bits per heavy atom. The van der Waals surface area contributed by atoms with Crippen LogP contribution in [0.5, 0.6) is 0 Å². The van der Waals surface area contributed by atoms with Crippen molar-refractivity contribution in [1.29, 1.82) is 0 Å². The van der Waals surface area contributed by atoms with Gasteiger partial charge in [0.1, 0.15) is 11.6 Å². The molecule has 0 unspecified atom stereocenters. The average Bonchev–Trinajstić information content (AvgIpc) is 2.72. The number of carbonyl (C=O) groups excluding carboxylic acids is 2. The zero-order valence-corrected chi connectivity index (χ0v) is 22.4. The van der Waals surface area contributed by atoms with Crippen molar-refractivity contribution in [2.75, 3.05) is 0 Å². The Bertz CT molecular complexity index is 620. The monoisotopic (exact) mass is 442 g/mol. The molecule has 0 N–H and O–H groups in total. The topological polar surface area (TPSA) is 34.1 Å². The van der Waals surface area contributed by atoms with Crippen LogP contribution >= 0.6 is 0 Å². The number of hydrogen-bond acceptors (Lipinski definition) is 2. The largest absolute Gasteiger partial charge is 0.299 e. The van der Waals surface area contributed by atoms with Crippen molar-refractivity contribution in [3.63, 3.8) is 0 Å². The van der Waals surface area contributed by atoms with Crippen LogP contribution in [0.4, 0.5) is 0 Å². The van der Waals surface area contributed by atoms with E-state index >= 15 is 0 Å². The summed E-state index contributed by atoms with van der Waals surface area (Å²) in [6.45, 7) is 16.8. The number of ketones is 2. The van der Waals surface area contributed by atoms with E-state index in [9.17, 15) is 9.59 Å². The van der Waals surface area contributed by atoms with Crippen LogP contribution in [0.25, 0.3) is 0 Å². The van der Waals surface area contributed by atoms with Gasteiger partial charge in [-0.2, -0.15) is 0 Å². The van der Waals surface area contributed by atoms with Crippen molar-refractivity contribution in [3.05, 3.63) is 46.6 Å². The van der Waals surface area contributed by atoms with E-state index in [0.717, 1.165) is 51.4 Å². The normalized spacial score (nSPS) is 14.0. The van der Waals surface area contributed by atoms with E-state index in [1.54, 1.807) is 0 Å².